The van der Waals surface area contributed by atoms with E-state index in [2.05, 4.69) is 32.7 Å². The third-order valence-electron chi connectivity index (χ3n) is 3.90. The second kappa shape index (κ2) is 8.48. The summed E-state index contributed by atoms with van der Waals surface area (Å²) in [5.41, 5.74) is 0.867. The van der Waals surface area contributed by atoms with Crippen molar-refractivity contribution in [1.29, 1.82) is 0 Å². The van der Waals surface area contributed by atoms with Crippen LogP contribution in [0.15, 0.2) is 30.3 Å². The van der Waals surface area contributed by atoms with Crippen LogP contribution >= 0.6 is 0 Å². The number of para-hydroxylation sites is 1. The zero-order valence-electron chi connectivity index (χ0n) is 16.1. The van der Waals surface area contributed by atoms with Crippen molar-refractivity contribution in [2.75, 3.05) is 24.7 Å². The van der Waals surface area contributed by atoms with Crippen LogP contribution in [0.5, 0.6) is 0 Å². The van der Waals surface area contributed by atoms with Gasteiger partial charge in [0.05, 0.1) is 13.2 Å². The van der Waals surface area contributed by atoms with Gasteiger partial charge in [0.15, 0.2) is 16.6 Å². The minimum absolute atomic E-state index is 0.198. The van der Waals surface area contributed by atoms with Gasteiger partial charge < -0.3 is 13.6 Å². The van der Waals surface area contributed by atoms with Crippen molar-refractivity contribution in [1.82, 2.24) is 0 Å². The van der Waals surface area contributed by atoms with Crippen LogP contribution in [-0.4, -0.2) is 48.6 Å². The van der Waals surface area contributed by atoms with Crippen LogP contribution in [0.3, 0.4) is 0 Å². The van der Waals surface area contributed by atoms with Crippen LogP contribution < -0.4 is 4.90 Å². The molecule has 0 saturated carbocycles. The quantitative estimate of drug-likeness (QED) is 0.467. The van der Waals surface area contributed by atoms with Crippen LogP contribution in [0.1, 0.15) is 6.42 Å². The third kappa shape index (κ3) is 6.93. The molecule has 25 heavy (non-hydrogen) atoms. The molecule has 1 saturated heterocycles. The van der Waals surface area contributed by atoms with Crippen LogP contribution in [0.2, 0.25) is 38.8 Å². The molecule has 1 unspecified atom stereocenters. The second-order valence-electron chi connectivity index (χ2n) is 8.10. The molecular formula is C18H31NO4Si2. The first kappa shape index (κ1) is 20.2. The largest absolute Gasteiger partial charge is 0.456 e. The molecule has 1 amide bonds. The van der Waals surface area contributed by atoms with E-state index in [4.69, 9.17) is 13.6 Å². The van der Waals surface area contributed by atoms with E-state index in [9.17, 15) is 4.79 Å². The van der Waals surface area contributed by atoms with Gasteiger partial charge >= 0.3 is 6.09 Å². The smallest absolute Gasteiger partial charge is 0.414 e. The molecule has 1 heterocycles. The molecule has 1 fully saturated rings. The molecule has 0 aromatic heterocycles. The van der Waals surface area contributed by atoms with E-state index in [1.54, 1.807) is 4.90 Å². The zero-order chi connectivity index (χ0) is 18.5. The Morgan fingerprint density at radius 1 is 1.16 bits per heavy atom. The molecule has 0 N–H and O–H groups in total. The van der Waals surface area contributed by atoms with Gasteiger partial charge in [-0.15, -0.1) is 0 Å². The van der Waals surface area contributed by atoms with E-state index in [1.165, 1.54) is 0 Å². The average molecular weight is 382 g/mol. The maximum atomic E-state index is 12.0. The van der Waals surface area contributed by atoms with Gasteiger partial charge in [-0.05, 0) is 57.3 Å². The topological polar surface area (TPSA) is 48.0 Å². The lowest BCUT2D eigenvalue weighted by Crippen LogP contribution is -2.42. The van der Waals surface area contributed by atoms with Crippen LogP contribution in [0.25, 0.3) is 0 Å². The Bertz CT molecular complexity index is 560. The van der Waals surface area contributed by atoms with E-state index < -0.39 is 16.6 Å². The van der Waals surface area contributed by atoms with E-state index in [0.29, 0.717) is 19.8 Å². The molecule has 2 rings (SSSR count). The second-order valence-corrected chi connectivity index (χ2v) is 17.2. The Kier molecular flexibility index (Phi) is 6.84. The summed E-state index contributed by atoms with van der Waals surface area (Å²) in [6.45, 7) is 13.0. The van der Waals surface area contributed by atoms with Crippen molar-refractivity contribution in [2.24, 2.45) is 0 Å². The molecular weight excluding hydrogens is 350 g/mol. The predicted octanol–water partition coefficient (Wildman–Crippen LogP) is 4.48. The standard InChI is InChI=1S/C18H31NO4Si2/c1-24(2,3)23-25(4,5)13-9-12-21-15-17-14-19(18(20)22-17)16-10-7-6-8-11-16/h6-8,10-11,17H,9,12-15H2,1-5H3. The highest BCUT2D eigenvalue weighted by Crippen LogP contribution is 2.22. The van der Waals surface area contributed by atoms with Gasteiger partial charge in [-0.3, -0.25) is 4.90 Å². The van der Waals surface area contributed by atoms with Gasteiger partial charge in [0, 0.05) is 12.3 Å². The molecule has 7 heteroatoms. The number of hydrogen-bond acceptors (Lipinski definition) is 4. The van der Waals surface area contributed by atoms with Gasteiger partial charge in [-0.2, -0.15) is 0 Å². The monoisotopic (exact) mass is 381 g/mol. The first-order valence-electron chi connectivity index (χ1n) is 8.97. The molecule has 1 aromatic rings. The summed E-state index contributed by atoms with van der Waals surface area (Å²) in [6, 6.07) is 10.7. The zero-order valence-corrected chi connectivity index (χ0v) is 18.1. The number of nitrogens with zero attached hydrogens (tertiary/aromatic N) is 1. The number of carbonyl (C=O) groups is 1. The molecule has 1 aliphatic heterocycles. The molecule has 1 aliphatic rings. The third-order valence-corrected chi connectivity index (χ3v) is 10.1. The van der Waals surface area contributed by atoms with Crippen molar-refractivity contribution >= 4 is 28.4 Å². The molecule has 1 aromatic carbocycles. The average Bonchev–Trinajstić information content (AvgIpc) is 2.86. The van der Waals surface area contributed by atoms with E-state index in [-0.39, 0.29) is 12.2 Å². The fraction of sp³-hybridized carbons (Fsp3) is 0.611. The highest BCUT2D eigenvalue weighted by Gasteiger charge is 2.32. The van der Waals surface area contributed by atoms with Crippen molar-refractivity contribution < 1.29 is 18.4 Å². The summed E-state index contributed by atoms with van der Waals surface area (Å²) >= 11 is 0. The molecule has 0 spiro atoms. The number of ether oxygens (including phenoxy) is 2. The van der Waals surface area contributed by atoms with Crippen molar-refractivity contribution in [3.05, 3.63) is 30.3 Å². The molecule has 0 bridgehead atoms. The Hall–Kier alpha value is -1.16. The SMILES string of the molecule is C[Si](C)(C)O[Si](C)(C)CCCOCC1CN(c2ccccc2)C(=O)O1. The molecule has 0 aliphatic carbocycles. The minimum atomic E-state index is -1.60. The highest BCUT2D eigenvalue weighted by molar-refractivity contribution is 6.84. The van der Waals surface area contributed by atoms with Crippen molar-refractivity contribution in [3.8, 4) is 0 Å². The van der Waals surface area contributed by atoms with Gasteiger partial charge in [-0.1, -0.05) is 18.2 Å². The van der Waals surface area contributed by atoms with Gasteiger partial charge in [0.25, 0.3) is 0 Å². The number of cyclic esters (lactones) is 1. The number of carbonyl (C=O) groups excluding carboxylic acids is 1. The minimum Gasteiger partial charge on any atom is -0.456 e. The van der Waals surface area contributed by atoms with Gasteiger partial charge in [-0.25, -0.2) is 4.79 Å². The Morgan fingerprint density at radius 3 is 2.48 bits per heavy atom. The Morgan fingerprint density at radius 2 is 1.84 bits per heavy atom. The van der Waals surface area contributed by atoms with Gasteiger partial charge in [0.1, 0.15) is 6.10 Å². The lowest BCUT2D eigenvalue weighted by Gasteiger charge is -2.31. The highest BCUT2D eigenvalue weighted by atomic mass is 28.4. The lowest BCUT2D eigenvalue weighted by atomic mass is 10.3. The number of benzene rings is 1. The number of rotatable bonds is 9. The number of anilines is 1. The molecule has 140 valence electrons. The van der Waals surface area contributed by atoms with Crippen LogP contribution in [0.4, 0.5) is 10.5 Å². The summed E-state index contributed by atoms with van der Waals surface area (Å²) in [5, 5.41) is 0. The Labute approximate surface area is 153 Å². The summed E-state index contributed by atoms with van der Waals surface area (Å²) in [4.78, 5) is 13.6. The van der Waals surface area contributed by atoms with Crippen LogP contribution in [-0.2, 0) is 13.6 Å². The van der Waals surface area contributed by atoms with Crippen molar-refractivity contribution in [3.63, 3.8) is 0 Å². The maximum Gasteiger partial charge on any atom is 0.414 e. The fourth-order valence-corrected chi connectivity index (χ4v) is 11.2. The lowest BCUT2D eigenvalue weighted by molar-refractivity contribution is 0.0460. The predicted molar refractivity (Wildman–Crippen MR) is 106 cm³/mol. The molecule has 5 nitrogen and oxygen atoms in total. The van der Waals surface area contributed by atoms with E-state index >= 15 is 0 Å². The number of amides is 1. The fourth-order valence-electron chi connectivity index (χ4n) is 3.12. The molecule has 1 atom stereocenters. The maximum absolute atomic E-state index is 12.0. The van der Waals surface area contributed by atoms with Crippen LogP contribution in [0, 0.1) is 0 Å². The van der Waals surface area contributed by atoms with E-state index in [0.717, 1.165) is 18.2 Å². The normalized spacial score (nSPS) is 18.5. The summed E-state index contributed by atoms with van der Waals surface area (Å²) in [5.74, 6) is 0. The van der Waals surface area contributed by atoms with Gasteiger partial charge in [0.2, 0.25) is 0 Å². The van der Waals surface area contributed by atoms with Crippen molar-refractivity contribution in [2.45, 2.75) is 51.3 Å². The summed E-state index contributed by atoms with van der Waals surface area (Å²) in [7, 11) is -3.07. The Balaban J connectivity index is 1.67. The number of hydrogen-bond donors (Lipinski definition) is 0. The summed E-state index contributed by atoms with van der Waals surface area (Å²) < 4.78 is 17.5. The first-order valence-corrected chi connectivity index (χ1v) is 15.5. The summed E-state index contributed by atoms with van der Waals surface area (Å²) in [6.07, 6.45) is 0.500. The first-order chi connectivity index (χ1) is 11.7. The van der Waals surface area contributed by atoms with E-state index in [1.807, 2.05) is 30.3 Å². The molecule has 0 radical (unpaired) electrons.